The molecule has 3 aromatic rings. The lowest BCUT2D eigenvalue weighted by atomic mass is 10.2. The molecule has 0 spiro atoms. The fourth-order valence-corrected chi connectivity index (χ4v) is 5.26. The number of benzene rings is 3. The predicted octanol–water partition coefficient (Wildman–Crippen LogP) is 2.72. The van der Waals surface area contributed by atoms with Gasteiger partial charge in [0.1, 0.15) is 18.1 Å². The number of nitrogens with zero attached hydrogens (tertiary/aromatic N) is 3. The summed E-state index contributed by atoms with van der Waals surface area (Å²) in [6, 6.07) is 18.0. The minimum Gasteiger partial charge on any atom is -0.484 e. The van der Waals surface area contributed by atoms with Gasteiger partial charge in [0, 0.05) is 13.1 Å². The average Bonchev–Trinajstić information content (AvgIpc) is 2.96. The summed E-state index contributed by atoms with van der Waals surface area (Å²) in [5.41, 5.74) is 3.49. The molecule has 0 atom stereocenters. The molecule has 12 heteroatoms. The quantitative estimate of drug-likeness (QED) is 0.297. The van der Waals surface area contributed by atoms with Crippen molar-refractivity contribution in [3.8, 4) is 5.75 Å². The molecule has 0 bridgehead atoms. The van der Waals surface area contributed by atoms with Crippen LogP contribution in [0.25, 0.3) is 0 Å². The SMILES string of the molecule is Cc1ccc(S(=O)(=O)N(CC(=O)N/N=C/c2ccc(OCC(=O)N3CCOCC3)cc2)c2ccccc2F)cc1. The number of aryl methyl sites for hydroxylation is 1. The van der Waals surface area contributed by atoms with Gasteiger partial charge in [-0.1, -0.05) is 29.8 Å². The van der Waals surface area contributed by atoms with E-state index in [1.165, 1.54) is 36.5 Å². The van der Waals surface area contributed by atoms with Crippen LogP contribution in [0, 0.1) is 12.7 Å². The van der Waals surface area contributed by atoms with Crippen molar-refractivity contribution in [2.24, 2.45) is 5.10 Å². The van der Waals surface area contributed by atoms with Crippen molar-refractivity contribution >= 4 is 33.7 Å². The molecule has 0 saturated carbocycles. The fourth-order valence-electron chi connectivity index (χ4n) is 3.83. The Balaban J connectivity index is 1.37. The summed E-state index contributed by atoms with van der Waals surface area (Å²) >= 11 is 0. The summed E-state index contributed by atoms with van der Waals surface area (Å²) in [4.78, 5) is 26.5. The molecule has 0 radical (unpaired) electrons. The van der Waals surface area contributed by atoms with Crippen LogP contribution in [-0.2, 0) is 24.3 Å². The molecular weight excluding hydrogens is 539 g/mol. The van der Waals surface area contributed by atoms with E-state index in [4.69, 9.17) is 9.47 Å². The molecule has 10 nitrogen and oxygen atoms in total. The van der Waals surface area contributed by atoms with E-state index in [0.717, 1.165) is 11.6 Å². The number of morpholine rings is 1. The summed E-state index contributed by atoms with van der Waals surface area (Å²) in [7, 11) is -4.26. The van der Waals surface area contributed by atoms with Crippen molar-refractivity contribution in [1.29, 1.82) is 0 Å². The molecule has 1 saturated heterocycles. The van der Waals surface area contributed by atoms with Gasteiger partial charge in [-0.05, 0) is 61.0 Å². The van der Waals surface area contributed by atoms with Crippen molar-refractivity contribution in [3.63, 3.8) is 0 Å². The van der Waals surface area contributed by atoms with E-state index in [1.807, 2.05) is 6.92 Å². The summed E-state index contributed by atoms with van der Waals surface area (Å²) < 4.78 is 52.8. The van der Waals surface area contributed by atoms with Gasteiger partial charge in [0.15, 0.2) is 6.61 Å². The van der Waals surface area contributed by atoms with E-state index in [0.29, 0.717) is 41.9 Å². The molecule has 1 aliphatic rings. The first kappa shape index (κ1) is 28.7. The third-order valence-corrected chi connectivity index (χ3v) is 7.80. The average molecular weight is 569 g/mol. The number of amides is 2. The maximum absolute atomic E-state index is 14.6. The lowest BCUT2D eigenvalue weighted by Crippen LogP contribution is -2.42. The molecule has 0 aliphatic carbocycles. The topological polar surface area (TPSA) is 118 Å². The van der Waals surface area contributed by atoms with Crippen LogP contribution in [0.2, 0.25) is 0 Å². The largest absolute Gasteiger partial charge is 0.484 e. The van der Waals surface area contributed by atoms with E-state index >= 15 is 0 Å². The van der Waals surface area contributed by atoms with Gasteiger partial charge >= 0.3 is 0 Å². The van der Waals surface area contributed by atoms with Gasteiger partial charge in [-0.2, -0.15) is 5.10 Å². The zero-order valence-corrected chi connectivity index (χ0v) is 22.6. The first-order chi connectivity index (χ1) is 19.2. The van der Waals surface area contributed by atoms with Gasteiger partial charge < -0.3 is 14.4 Å². The fraction of sp³-hybridized carbons (Fsp3) is 0.250. The van der Waals surface area contributed by atoms with Crippen LogP contribution < -0.4 is 14.5 Å². The highest BCUT2D eigenvalue weighted by molar-refractivity contribution is 7.92. The lowest BCUT2D eigenvalue weighted by molar-refractivity contribution is -0.137. The highest BCUT2D eigenvalue weighted by atomic mass is 32.2. The standard InChI is InChI=1S/C28H29FN4O6S/c1-21-6-12-24(13-7-21)40(36,37)33(26-5-3-2-4-25(26)29)19-27(34)31-30-18-22-8-10-23(11-9-22)39-20-28(35)32-14-16-38-17-15-32/h2-13,18H,14-17,19-20H2,1H3,(H,31,34)/b30-18+. The molecule has 40 heavy (non-hydrogen) atoms. The van der Waals surface area contributed by atoms with Gasteiger partial charge in [-0.3, -0.25) is 13.9 Å². The number of anilines is 1. The van der Waals surface area contributed by atoms with Crippen LogP contribution in [-0.4, -0.2) is 70.8 Å². The van der Waals surface area contributed by atoms with E-state index in [2.05, 4.69) is 10.5 Å². The van der Waals surface area contributed by atoms with Gasteiger partial charge in [0.2, 0.25) is 0 Å². The van der Waals surface area contributed by atoms with Crippen LogP contribution in [0.5, 0.6) is 5.75 Å². The van der Waals surface area contributed by atoms with Crippen LogP contribution in [0.1, 0.15) is 11.1 Å². The number of hydrogen-bond donors (Lipinski definition) is 1. The number of ether oxygens (including phenoxy) is 2. The highest BCUT2D eigenvalue weighted by Gasteiger charge is 2.29. The smallest absolute Gasteiger partial charge is 0.264 e. The summed E-state index contributed by atoms with van der Waals surface area (Å²) in [5, 5.41) is 3.89. The number of nitrogens with one attached hydrogen (secondary N) is 1. The monoisotopic (exact) mass is 568 g/mol. The second-order valence-corrected chi connectivity index (χ2v) is 10.8. The predicted molar refractivity (Wildman–Crippen MR) is 147 cm³/mol. The molecule has 1 N–H and O–H groups in total. The second kappa shape index (κ2) is 13.2. The Morgan fingerprint density at radius 3 is 2.40 bits per heavy atom. The number of hydrazone groups is 1. The van der Waals surface area contributed by atoms with E-state index in [-0.39, 0.29) is 23.1 Å². The van der Waals surface area contributed by atoms with Gasteiger partial charge in [-0.25, -0.2) is 18.2 Å². The molecular formula is C28H29FN4O6S. The number of rotatable bonds is 10. The van der Waals surface area contributed by atoms with Gasteiger partial charge in [0.05, 0.1) is 30.0 Å². The van der Waals surface area contributed by atoms with Crippen LogP contribution in [0.15, 0.2) is 82.8 Å². The normalized spacial score (nSPS) is 13.7. The maximum Gasteiger partial charge on any atom is 0.264 e. The van der Waals surface area contributed by atoms with Crippen LogP contribution in [0.4, 0.5) is 10.1 Å². The van der Waals surface area contributed by atoms with E-state index in [9.17, 15) is 22.4 Å². The Morgan fingerprint density at radius 1 is 1.05 bits per heavy atom. The summed E-state index contributed by atoms with van der Waals surface area (Å²) in [6.07, 6.45) is 1.36. The first-order valence-corrected chi connectivity index (χ1v) is 13.9. The van der Waals surface area contributed by atoms with E-state index in [1.54, 1.807) is 41.3 Å². The molecule has 0 unspecified atom stereocenters. The third-order valence-electron chi connectivity index (χ3n) is 6.03. The van der Waals surface area contributed by atoms with Gasteiger partial charge in [-0.15, -0.1) is 0 Å². The van der Waals surface area contributed by atoms with E-state index < -0.39 is 28.3 Å². The summed E-state index contributed by atoms with van der Waals surface area (Å²) in [6.45, 7) is 3.13. The van der Waals surface area contributed by atoms with Crippen molar-refractivity contribution in [2.75, 3.05) is 43.8 Å². The lowest BCUT2D eigenvalue weighted by Gasteiger charge is -2.26. The van der Waals surface area contributed by atoms with Crippen molar-refractivity contribution in [1.82, 2.24) is 10.3 Å². The minimum atomic E-state index is -4.26. The molecule has 3 aromatic carbocycles. The van der Waals surface area contributed by atoms with Crippen molar-refractivity contribution in [2.45, 2.75) is 11.8 Å². The Bertz CT molecular complexity index is 1460. The molecule has 1 heterocycles. The Hall–Kier alpha value is -4.29. The molecule has 210 valence electrons. The number of carbonyl (C=O) groups excluding carboxylic acids is 2. The van der Waals surface area contributed by atoms with Crippen molar-refractivity contribution < 1.29 is 31.9 Å². The zero-order valence-electron chi connectivity index (χ0n) is 21.8. The third kappa shape index (κ3) is 7.42. The zero-order chi connectivity index (χ0) is 28.5. The maximum atomic E-state index is 14.6. The second-order valence-electron chi connectivity index (χ2n) is 8.92. The van der Waals surface area contributed by atoms with Gasteiger partial charge in [0.25, 0.3) is 21.8 Å². The number of sulfonamides is 1. The number of halogens is 1. The minimum absolute atomic E-state index is 0.0772. The van der Waals surface area contributed by atoms with Crippen LogP contribution in [0.3, 0.4) is 0 Å². The number of para-hydroxylation sites is 1. The Morgan fingerprint density at radius 2 is 1.73 bits per heavy atom. The Labute approximate surface area is 232 Å². The number of carbonyl (C=O) groups is 2. The van der Waals surface area contributed by atoms with Crippen molar-refractivity contribution in [3.05, 3.63) is 89.7 Å². The summed E-state index contributed by atoms with van der Waals surface area (Å²) in [5.74, 6) is -1.18. The first-order valence-electron chi connectivity index (χ1n) is 12.5. The Kier molecular flexibility index (Phi) is 9.46. The molecule has 1 aliphatic heterocycles. The molecule has 0 aromatic heterocycles. The molecule has 2 amide bonds. The number of hydrogen-bond acceptors (Lipinski definition) is 7. The van der Waals surface area contributed by atoms with Crippen LogP contribution >= 0.6 is 0 Å². The molecule has 1 fully saturated rings. The highest BCUT2D eigenvalue weighted by Crippen LogP contribution is 2.26. The molecule has 4 rings (SSSR count).